The van der Waals surface area contributed by atoms with Gasteiger partial charge in [-0.3, -0.25) is 0 Å². The van der Waals surface area contributed by atoms with E-state index in [4.69, 9.17) is 18.0 Å². The third kappa shape index (κ3) is 1.97. The molecule has 0 spiro atoms. The summed E-state index contributed by atoms with van der Waals surface area (Å²) < 4.78 is 1.86. The second kappa shape index (κ2) is 4.06. The highest BCUT2D eigenvalue weighted by molar-refractivity contribution is 7.80. The van der Waals surface area contributed by atoms with E-state index in [9.17, 15) is 0 Å². The Bertz CT molecular complexity index is 543. The quantitative estimate of drug-likeness (QED) is 0.805. The van der Waals surface area contributed by atoms with Crippen molar-refractivity contribution in [1.82, 2.24) is 9.78 Å². The van der Waals surface area contributed by atoms with E-state index in [-0.39, 0.29) is 0 Å². The van der Waals surface area contributed by atoms with Crippen LogP contribution in [0.5, 0.6) is 0 Å². The van der Waals surface area contributed by atoms with Gasteiger partial charge in [-0.2, -0.15) is 5.10 Å². The Kier molecular flexibility index (Phi) is 2.75. The number of aromatic nitrogens is 2. The molecule has 0 amide bonds. The lowest BCUT2D eigenvalue weighted by atomic mass is 10.1. The largest absolute Gasteiger partial charge is 0.389 e. The lowest BCUT2D eigenvalue weighted by Crippen LogP contribution is -2.10. The topological polar surface area (TPSA) is 43.8 Å². The summed E-state index contributed by atoms with van der Waals surface area (Å²) in [7, 11) is 0. The van der Waals surface area contributed by atoms with Crippen LogP contribution in [0.25, 0.3) is 5.69 Å². The third-order valence-electron chi connectivity index (χ3n) is 2.44. The van der Waals surface area contributed by atoms with E-state index in [0.717, 1.165) is 22.4 Å². The highest BCUT2D eigenvalue weighted by Crippen LogP contribution is 2.15. The van der Waals surface area contributed by atoms with E-state index in [1.165, 1.54) is 0 Å². The molecule has 1 aromatic heterocycles. The molecule has 2 N–H and O–H groups in total. The number of benzene rings is 1. The summed E-state index contributed by atoms with van der Waals surface area (Å²) in [6.45, 7) is 4.04. The van der Waals surface area contributed by atoms with Gasteiger partial charge in [-0.1, -0.05) is 12.2 Å². The zero-order valence-electron chi connectivity index (χ0n) is 9.27. The predicted molar refractivity (Wildman–Crippen MR) is 68.9 cm³/mol. The smallest absolute Gasteiger partial charge is 0.103 e. The zero-order chi connectivity index (χ0) is 11.7. The standard InChI is InChI=1S/C12H13N3S/c1-8-6-14-15(7-8)11-4-3-10(12(13)16)5-9(11)2/h3-7H,1-2H3,(H2,13,16). The molecule has 0 saturated carbocycles. The van der Waals surface area contributed by atoms with E-state index in [0.29, 0.717) is 4.99 Å². The highest BCUT2D eigenvalue weighted by atomic mass is 32.1. The lowest BCUT2D eigenvalue weighted by molar-refractivity contribution is 0.872. The van der Waals surface area contributed by atoms with Crippen LogP contribution in [0.4, 0.5) is 0 Å². The van der Waals surface area contributed by atoms with Crippen molar-refractivity contribution >= 4 is 17.2 Å². The van der Waals surface area contributed by atoms with Gasteiger partial charge in [-0.25, -0.2) is 4.68 Å². The van der Waals surface area contributed by atoms with Crippen molar-refractivity contribution in [2.24, 2.45) is 5.73 Å². The minimum Gasteiger partial charge on any atom is -0.389 e. The number of aryl methyl sites for hydroxylation is 2. The molecule has 2 rings (SSSR count). The molecular weight excluding hydrogens is 218 g/mol. The van der Waals surface area contributed by atoms with E-state index >= 15 is 0 Å². The number of nitrogens with two attached hydrogens (primary N) is 1. The molecular formula is C12H13N3S. The Hall–Kier alpha value is -1.68. The van der Waals surface area contributed by atoms with Gasteiger partial charge < -0.3 is 5.73 Å². The molecule has 0 unspecified atom stereocenters. The van der Waals surface area contributed by atoms with Gasteiger partial charge in [-0.15, -0.1) is 0 Å². The zero-order valence-corrected chi connectivity index (χ0v) is 10.1. The molecule has 0 radical (unpaired) electrons. The SMILES string of the molecule is Cc1cnn(-c2ccc(C(N)=S)cc2C)c1. The predicted octanol–water partition coefficient (Wildman–Crippen LogP) is 2.12. The van der Waals surface area contributed by atoms with Gasteiger partial charge in [0.15, 0.2) is 0 Å². The molecule has 0 aliphatic carbocycles. The van der Waals surface area contributed by atoms with E-state index in [1.54, 1.807) is 0 Å². The highest BCUT2D eigenvalue weighted by Gasteiger charge is 2.04. The van der Waals surface area contributed by atoms with Crippen molar-refractivity contribution in [1.29, 1.82) is 0 Å². The van der Waals surface area contributed by atoms with Crippen LogP contribution in [0.3, 0.4) is 0 Å². The molecule has 2 aromatic rings. The van der Waals surface area contributed by atoms with Gasteiger partial charge in [0, 0.05) is 11.8 Å². The Balaban J connectivity index is 2.47. The lowest BCUT2D eigenvalue weighted by Gasteiger charge is -2.07. The maximum atomic E-state index is 5.58. The first kappa shape index (κ1) is 10.8. The summed E-state index contributed by atoms with van der Waals surface area (Å²) in [4.78, 5) is 0.422. The second-order valence-electron chi connectivity index (χ2n) is 3.83. The summed E-state index contributed by atoms with van der Waals surface area (Å²) >= 11 is 4.94. The van der Waals surface area contributed by atoms with Gasteiger partial charge in [-0.05, 0) is 43.2 Å². The molecule has 82 valence electrons. The van der Waals surface area contributed by atoms with Gasteiger partial charge in [0.2, 0.25) is 0 Å². The molecule has 0 saturated heterocycles. The molecule has 0 aliphatic rings. The number of nitrogens with zero attached hydrogens (tertiary/aromatic N) is 2. The maximum Gasteiger partial charge on any atom is 0.103 e. The third-order valence-corrected chi connectivity index (χ3v) is 2.68. The number of hydrogen-bond acceptors (Lipinski definition) is 2. The Morgan fingerprint density at radius 2 is 2.12 bits per heavy atom. The minimum absolute atomic E-state index is 0.422. The Morgan fingerprint density at radius 1 is 1.38 bits per heavy atom. The van der Waals surface area contributed by atoms with E-state index in [1.807, 2.05) is 49.1 Å². The van der Waals surface area contributed by atoms with Crippen molar-refractivity contribution in [2.75, 3.05) is 0 Å². The number of hydrogen-bond donors (Lipinski definition) is 1. The van der Waals surface area contributed by atoms with Gasteiger partial charge in [0.1, 0.15) is 4.99 Å². The van der Waals surface area contributed by atoms with Crippen LogP contribution in [-0.2, 0) is 0 Å². The summed E-state index contributed by atoms with van der Waals surface area (Å²) in [6.07, 6.45) is 3.82. The summed E-state index contributed by atoms with van der Waals surface area (Å²) in [5.74, 6) is 0. The average Bonchev–Trinajstić information content (AvgIpc) is 2.64. The summed E-state index contributed by atoms with van der Waals surface area (Å²) in [6, 6.07) is 5.88. The molecule has 0 bridgehead atoms. The molecule has 0 aliphatic heterocycles. The van der Waals surface area contributed by atoms with E-state index in [2.05, 4.69) is 5.10 Å². The molecule has 1 heterocycles. The van der Waals surface area contributed by atoms with Crippen molar-refractivity contribution in [3.8, 4) is 5.69 Å². The molecule has 0 atom stereocenters. The Labute approximate surface area is 99.9 Å². The molecule has 16 heavy (non-hydrogen) atoms. The fourth-order valence-corrected chi connectivity index (χ4v) is 1.74. The van der Waals surface area contributed by atoms with Crippen LogP contribution in [0, 0.1) is 13.8 Å². The van der Waals surface area contributed by atoms with Crippen LogP contribution >= 0.6 is 12.2 Å². The van der Waals surface area contributed by atoms with Crippen LogP contribution in [0.1, 0.15) is 16.7 Å². The van der Waals surface area contributed by atoms with Crippen LogP contribution in [-0.4, -0.2) is 14.8 Å². The summed E-state index contributed by atoms with van der Waals surface area (Å²) in [5, 5.41) is 4.27. The first-order valence-corrected chi connectivity index (χ1v) is 5.41. The average molecular weight is 231 g/mol. The molecule has 4 heteroatoms. The van der Waals surface area contributed by atoms with Crippen molar-refractivity contribution in [2.45, 2.75) is 13.8 Å². The van der Waals surface area contributed by atoms with Crippen molar-refractivity contribution in [3.63, 3.8) is 0 Å². The summed E-state index contributed by atoms with van der Waals surface area (Å²) in [5.41, 5.74) is 9.76. The first-order valence-electron chi connectivity index (χ1n) is 5.00. The molecule has 0 fully saturated rings. The van der Waals surface area contributed by atoms with Crippen LogP contribution in [0.15, 0.2) is 30.6 Å². The van der Waals surface area contributed by atoms with Gasteiger partial charge in [0.25, 0.3) is 0 Å². The fourth-order valence-electron chi connectivity index (χ4n) is 1.61. The normalized spacial score (nSPS) is 10.4. The molecule has 3 nitrogen and oxygen atoms in total. The van der Waals surface area contributed by atoms with Crippen molar-refractivity contribution < 1.29 is 0 Å². The number of thiocarbonyl (C=S) groups is 1. The second-order valence-corrected chi connectivity index (χ2v) is 4.27. The minimum atomic E-state index is 0.422. The first-order chi connectivity index (χ1) is 7.58. The van der Waals surface area contributed by atoms with Crippen LogP contribution < -0.4 is 5.73 Å². The van der Waals surface area contributed by atoms with Gasteiger partial charge in [0.05, 0.1) is 11.9 Å². The van der Waals surface area contributed by atoms with Crippen molar-refractivity contribution in [3.05, 3.63) is 47.3 Å². The Morgan fingerprint density at radius 3 is 2.62 bits per heavy atom. The van der Waals surface area contributed by atoms with Crippen LogP contribution in [0.2, 0.25) is 0 Å². The van der Waals surface area contributed by atoms with Gasteiger partial charge >= 0.3 is 0 Å². The van der Waals surface area contributed by atoms with E-state index < -0.39 is 0 Å². The maximum absolute atomic E-state index is 5.58. The molecule has 1 aromatic carbocycles. The fraction of sp³-hybridized carbons (Fsp3) is 0.167. The number of rotatable bonds is 2. The monoisotopic (exact) mass is 231 g/mol.